The predicted molar refractivity (Wildman–Crippen MR) is 107 cm³/mol. The number of carbonyl (C=O) groups is 4. The number of nitrogens with zero attached hydrogens (tertiary/aromatic N) is 3. The summed E-state index contributed by atoms with van der Waals surface area (Å²) >= 11 is 0. The Morgan fingerprint density at radius 1 is 1.07 bits per heavy atom. The fraction of sp³-hybridized carbons (Fsp3) is 0.333. The Morgan fingerprint density at radius 2 is 1.73 bits per heavy atom. The van der Waals surface area contributed by atoms with Gasteiger partial charge >= 0.3 is 6.09 Å². The van der Waals surface area contributed by atoms with Gasteiger partial charge in [0.05, 0.1) is 19.7 Å². The van der Waals surface area contributed by atoms with Crippen LogP contribution in [0.15, 0.2) is 48.1 Å². The molecule has 156 valence electrons. The van der Waals surface area contributed by atoms with E-state index in [9.17, 15) is 19.2 Å². The summed E-state index contributed by atoms with van der Waals surface area (Å²) in [6, 6.07) is 6.98. The van der Waals surface area contributed by atoms with Crippen LogP contribution in [0.4, 0.5) is 16.2 Å². The molecule has 1 aromatic rings. The van der Waals surface area contributed by atoms with Crippen molar-refractivity contribution in [3.05, 3.63) is 48.1 Å². The van der Waals surface area contributed by atoms with Crippen LogP contribution in [-0.4, -0.2) is 67.7 Å². The van der Waals surface area contributed by atoms with Crippen LogP contribution in [0.25, 0.3) is 0 Å². The van der Waals surface area contributed by atoms with E-state index in [0.29, 0.717) is 24.4 Å². The molecule has 4 amide bonds. The molecule has 30 heavy (non-hydrogen) atoms. The molecule has 9 nitrogen and oxygen atoms in total. The predicted octanol–water partition coefficient (Wildman–Crippen LogP) is 1.25. The highest BCUT2D eigenvalue weighted by atomic mass is 16.6. The van der Waals surface area contributed by atoms with Gasteiger partial charge in [0.25, 0.3) is 17.7 Å². The third kappa shape index (κ3) is 3.37. The Bertz CT molecular complexity index is 967. The second kappa shape index (κ2) is 7.75. The van der Waals surface area contributed by atoms with Gasteiger partial charge in [-0.1, -0.05) is 12.7 Å². The van der Waals surface area contributed by atoms with Crippen molar-refractivity contribution in [1.82, 2.24) is 4.90 Å². The first kappa shape index (κ1) is 19.8. The van der Waals surface area contributed by atoms with E-state index in [-0.39, 0.29) is 31.2 Å². The van der Waals surface area contributed by atoms with E-state index in [2.05, 4.69) is 6.58 Å². The number of cyclic esters (lactones) is 1. The van der Waals surface area contributed by atoms with Gasteiger partial charge in [-0.15, -0.1) is 0 Å². The molecule has 3 aliphatic rings. The topological polar surface area (TPSA) is 96.5 Å². The zero-order chi connectivity index (χ0) is 21.4. The number of ether oxygens (including phenoxy) is 2. The molecule has 0 saturated carbocycles. The van der Waals surface area contributed by atoms with Crippen molar-refractivity contribution < 1.29 is 28.7 Å². The molecule has 0 radical (unpaired) electrons. The molecular formula is C21H21N3O6. The van der Waals surface area contributed by atoms with E-state index < -0.39 is 24.0 Å². The van der Waals surface area contributed by atoms with Crippen molar-refractivity contribution in [2.75, 3.05) is 42.6 Å². The average Bonchev–Trinajstić information content (AvgIpc) is 3.21. The van der Waals surface area contributed by atoms with E-state index in [4.69, 9.17) is 9.47 Å². The van der Waals surface area contributed by atoms with Gasteiger partial charge < -0.3 is 14.4 Å². The lowest BCUT2D eigenvalue weighted by Crippen LogP contribution is -2.41. The first-order valence-electron chi connectivity index (χ1n) is 9.56. The lowest BCUT2D eigenvalue weighted by Gasteiger charge is -2.27. The van der Waals surface area contributed by atoms with Crippen molar-refractivity contribution >= 4 is 35.2 Å². The van der Waals surface area contributed by atoms with Gasteiger partial charge in [0.1, 0.15) is 12.7 Å². The highest BCUT2D eigenvalue weighted by molar-refractivity contribution is 6.20. The molecule has 1 atom stereocenters. The Labute approximate surface area is 173 Å². The minimum absolute atomic E-state index is 0.0189. The third-order valence-corrected chi connectivity index (χ3v) is 5.37. The number of anilines is 2. The third-order valence-electron chi connectivity index (χ3n) is 5.37. The zero-order valence-corrected chi connectivity index (χ0v) is 16.5. The zero-order valence-electron chi connectivity index (χ0n) is 16.5. The molecule has 3 aliphatic heterocycles. The van der Waals surface area contributed by atoms with Crippen LogP contribution in [0.2, 0.25) is 0 Å². The normalized spacial score (nSPS) is 22.3. The Morgan fingerprint density at radius 3 is 2.33 bits per heavy atom. The molecule has 0 aromatic heterocycles. The largest absolute Gasteiger partial charge is 0.442 e. The summed E-state index contributed by atoms with van der Waals surface area (Å²) in [5, 5.41) is 0. The Kier molecular flexibility index (Phi) is 5.13. The van der Waals surface area contributed by atoms with Crippen molar-refractivity contribution in [3.8, 4) is 0 Å². The van der Waals surface area contributed by atoms with Crippen LogP contribution in [0.1, 0.15) is 6.92 Å². The molecule has 1 unspecified atom stereocenters. The van der Waals surface area contributed by atoms with Crippen molar-refractivity contribution in [1.29, 1.82) is 0 Å². The molecule has 0 aliphatic carbocycles. The minimum atomic E-state index is -0.636. The first-order valence-corrected chi connectivity index (χ1v) is 9.56. The van der Waals surface area contributed by atoms with Crippen LogP contribution < -0.4 is 9.80 Å². The molecule has 0 spiro atoms. The number of benzene rings is 1. The maximum atomic E-state index is 12.4. The van der Waals surface area contributed by atoms with Crippen molar-refractivity contribution in [3.63, 3.8) is 0 Å². The number of imide groups is 1. The van der Waals surface area contributed by atoms with Crippen LogP contribution in [0.5, 0.6) is 0 Å². The standard InChI is InChI=1S/C21H21N3O6/c1-3-17-13(2)19(26)24(20(17)27)11-16-10-23(21(28)30-16)15-6-4-14(5-7-15)22-8-9-29-12-18(22)25/h3-7,16H,1,8-12H2,2H3. The van der Waals surface area contributed by atoms with Gasteiger partial charge in [0.15, 0.2) is 0 Å². The molecule has 2 fully saturated rings. The second-order valence-corrected chi connectivity index (χ2v) is 7.19. The summed E-state index contributed by atoms with van der Waals surface area (Å²) in [7, 11) is 0. The summed E-state index contributed by atoms with van der Waals surface area (Å²) in [4.78, 5) is 53.2. The molecule has 4 rings (SSSR count). The van der Waals surface area contributed by atoms with E-state index in [0.717, 1.165) is 10.6 Å². The molecule has 3 heterocycles. The Hall–Kier alpha value is -3.46. The van der Waals surface area contributed by atoms with Gasteiger partial charge in [-0.05, 0) is 31.2 Å². The molecule has 0 bridgehead atoms. The van der Waals surface area contributed by atoms with Gasteiger partial charge in [-0.2, -0.15) is 0 Å². The number of hydrogen-bond acceptors (Lipinski definition) is 6. The molecular weight excluding hydrogens is 390 g/mol. The minimum Gasteiger partial charge on any atom is -0.442 e. The number of hydrogen-bond donors (Lipinski definition) is 0. The SMILES string of the molecule is C=CC1=C(C)C(=O)N(CC2CN(c3ccc(N4CCOCC4=O)cc3)C(=O)O2)C1=O. The summed E-state index contributed by atoms with van der Waals surface area (Å²) in [6.45, 7) is 6.33. The molecule has 2 saturated heterocycles. The van der Waals surface area contributed by atoms with E-state index in [1.807, 2.05) is 0 Å². The number of rotatable bonds is 5. The van der Waals surface area contributed by atoms with Crippen LogP contribution >= 0.6 is 0 Å². The van der Waals surface area contributed by atoms with Gasteiger partial charge in [0.2, 0.25) is 0 Å². The number of morpholine rings is 1. The smallest absolute Gasteiger partial charge is 0.414 e. The number of amides is 4. The van der Waals surface area contributed by atoms with Gasteiger partial charge in [-0.3, -0.25) is 24.2 Å². The monoisotopic (exact) mass is 411 g/mol. The van der Waals surface area contributed by atoms with Gasteiger partial charge in [0, 0.05) is 29.1 Å². The average molecular weight is 411 g/mol. The highest BCUT2D eigenvalue weighted by Gasteiger charge is 2.40. The van der Waals surface area contributed by atoms with Gasteiger partial charge in [-0.25, -0.2) is 4.79 Å². The van der Waals surface area contributed by atoms with Crippen molar-refractivity contribution in [2.24, 2.45) is 0 Å². The van der Waals surface area contributed by atoms with Crippen molar-refractivity contribution in [2.45, 2.75) is 13.0 Å². The summed E-state index contributed by atoms with van der Waals surface area (Å²) < 4.78 is 10.5. The fourth-order valence-electron chi connectivity index (χ4n) is 3.76. The van der Waals surface area contributed by atoms with E-state index in [1.54, 1.807) is 36.1 Å². The molecule has 9 heteroatoms. The van der Waals surface area contributed by atoms with Crippen LogP contribution in [-0.2, 0) is 23.9 Å². The van der Waals surface area contributed by atoms with Crippen LogP contribution in [0.3, 0.4) is 0 Å². The Balaban J connectivity index is 1.43. The molecule has 0 N–H and O–H groups in total. The molecule has 1 aromatic carbocycles. The highest BCUT2D eigenvalue weighted by Crippen LogP contribution is 2.27. The summed E-state index contributed by atoms with van der Waals surface area (Å²) in [5.74, 6) is -0.942. The number of carbonyl (C=O) groups excluding carboxylic acids is 4. The lowest BCUT2D eigenvalue weighted by molar-refractivity contribution is -0.138. The van der Waals surface area contributed by atoms with Crippen LogP contribution in [0, 0.1) is 0 Å². The summed E-state index contributed by atoms with van der Waals surface area (Å²) in [6.07, 6.45) is 0.175. The fourth-order valence-corrected chi connectivity index (χ4v) is 3.76. The van der Waals surface area contributed by atoms with E-state index in [1.165, 1.54) is 11.0 Å². The first-order chi connectivity index (χ1) is 14.4. The van der Waals surface area contributed by atoms with E-state index >= 15 is 0 Å². The maximum absolute atomic E-state index is 12.4. The lowest BCUT2D eigenvalue weighted by atomic mass is 10.2. The second-order valence-electron chi connectivity index (χ2n) is 7.19. The quantitative estimate of drug-likeness (QED) is 0.677. The summed E-state index contributed by atoms with van der Waals surface area (Å²) in [5.41, 5.74) is 1.94. The maximum Gasteiger partial charge on any atom is 0.414 e.